The van der Waals surface area contributed by atoms with Crippen LogP contribution in [-0.4, -0.2) is 24.4 Å². The monoisotopic (exact) mass is 349 g/mol. The fourth-order valence-electron chi connectivity index (χ4n) is 4.10. The number of aryl methyl sites for hydroxylation is 1. The molecule has 2 fully saturated rings. The van der Waals surface area contributed by atoms with Gasteiger partial charge in [0.05, 0.1) is 24.1 Å². The van der Waals surface area contributed by atoms with Gasteiger partial charge in [-0.15, -0.1) is 0 Å². The summed E-state index contributed by atoms with van der Waals surface area (Å²) in [6.07, 6.45) is 0. The highest BCUT2D eigenvalue weighted by molar-refractivity contribution is 6.31. The van der Waals surface area contributed by atoms with Gasteiger partial charge in [0.1, 0.15) is 5.41 Å². The highest BCUT2D eigenvalue weighted by Crippen LogP contribution is 2.66. The summed E-state index contributed by atoms with van der Waals surface area (Å²) < 4.78 is 5.15. The number of imide groups is 1. The van der Waals surface area contributed by atoms with Gasteiger partial charge in [-0.1, -0.05) is 48.0 Å². The molecule has 0 bridgehead atoms. The van der Waals surface area contributed by atoms with E-state index in [1.807, 2.05) is 37.3 Å². The van der Waals surface area contributed by atoms with Crippen LogP contribution in [-0.2, 0) is 24.5 Å². The minimum absolute atomic E-state index is 0.219. The van der Waals surface area contributed by atoms with Crippen molar-refractivity contribution in [3.05, 3.63) is 65.7 Å². The fourth-order valence-corrected chi connectivity index (χ4v) is 4.10. The van der Waals surface area contributed by atoms with Gasteiger partial charge in [0.25, 0.3) is 0 Å². The Morgan fingerprint density at radius 3 is 2.35 bits per heavy atom. The van der Waals surface area contributed by atoms with Crippen LogP contribution >= 0.6 is 0 Å². The highest BCUT2D eigenvalue weighted by atomic mass is 16.5. The van der Waals surface area contributed by atoms with Gasteiger partial charge in [-0.2, -0.15) is 0 Å². The maximum absolute atomic E-state index is 13.4. The quantitative estimate of drug-likeness (QED) is 0.629. The molecule has 2 aromatic carbocycles. The second-order valence-electron chi connectivity index (χ2n) is 6.76. The molecule has 0 spiro atoms. The summed E-state index contributed by atoms with van der Waals surface area (Å²) in [6.45, 7) is 3.89. The average Bonchev–Trinajstić information content (AvgIpc) is 3.29. The number of carbonyl (C=O) groups excluding carboxylic acids is 3. The van der Waals surface area contributed by atoms with Gasteiger partial charge in [0.15, 0.2) is 0 Å². The van der Waals surface area contributed by atoms with Crippen molar-refractivity contribution < 1.29 is 19.1 Å². The van der Waals surface area contributed by atoms with Gasteiger partial charge in [0, 0.05) is 0 Å². The number of rotatable bonds is 4. The number of fused-ring (bicyclic) bond motifs is 1. The van der Waals surface area contributed by atoms with Crippen molar-refractivity contribution in [2.45, 2.75) is 19.3 Å². The Bertz CT molecular complexity index is 890. The van der Waals surface area contributed by atoms with E-state index in [9.17, 15) is 14.4 Å². The molecule has 5 nitrogen and oxygen atoms in total. The zero-order valence-corrected chi connectivity index (χ0v) is 14.6. The first-order valence-corrected chi connectivity index (χ1v) is 8.70. The Kier molecular flexibility index (Phi) is 3.68. The first-order valence-electron chi connectivity index (χ1n) is 8.70. The number of carbonyl (C=O) groups is 3. The first-order chi connectivity index (χ1) is 12.5. The molecule has 1 saturated carbocycles. The van der Waals surface area contributed by atoms with E-state index in [0.29, 0.717) is 11.3 Å². The van der Waals surface area contributed by atoms with Crippen molar-refractivity contribution in [3.63, 3.8) is 0 Å². The molecule has 4 rings (SSSR count). The van der Waals surface area contributed by atoms with E-state index in [4.69, 9.17) is 4.74 Å². The van der Waals surface area contributed by atoms with E-state index in [-0.39, 0.29) is 18.4 Å². The molecule has 132 valence electrons. The van der Waals surface area contributed by atoms with E-state index in [0.717, 1.165) is 5.56 Å². The van der Waals surface area contributed by atoms with Crippen molar-refractivity contribution in [2.24, 2.45) is 11.8 Å². The van der Waals surface area contributed by atoms with Crippen molar-refractivity contribution in [1.29, 1.82) is 0 Å². The van der Waals surface area contributed by atoms with Gasteiger partial charge >= 0.3 is 5.97 Å². The molecule has 2 aromatic rings. The number of hydrogen-bond donors (Lipinski definition) is 0. The van der Waals surface area contributed by atoms with Crippen LogP contribution in [0.15, 0.2) is 54.6 Å². The number of benzene rings is 2. The summed E-state index contributed by atoms with van der Waals surface area (Å²) >= 11 is 0. The molecular formula is C21H19NO4. The van der Waals surface area contributed by atoms with Gasteiger partial charge in [-0.05, 0) is 31.5 Å². The summed E-state index contributed by atoms with van der Waals surface area (Å²) in [5.41, 5.74) is 1.13. The number of amides is 2. The van der Waals surface area contributed by atoms with Crippen LogP contribution in [0.3, 0.4) is 0 Å². The molecule has 0 radical (unpaired) electrons. The maximum atomic E-state index is 13.4. The minimum atomic E-state index is -1.15. The summed E-state index contributed by atoms with van der Waals surface area (Å²) in [5.74, 6) is -2.60. The highest BCUT2D eigenvalue weighted by Gasteiger charge is 2.83. The second-order valence-corrected chi connectivity index (χ2v) is 6.76. The lowest BCUT2D eigenvalue weighted by molar-refractivity contribution is -0.147. The third-order valence-corrected chi connectivity index (χ3v) is 5.33. The molecule has 2 amide bonds. The van der Waals surface area contributed by atoms with Crippen molar-refractivity contribution >= 4 is 23.5 Å². The number of piperidine rings is 1. The molecule has 26 heavy (non-hydrogen) atoms. The van der Waals surface area contributed by atoms with Gasteiger partial charge < -0.3 is 4.74 Å². The van der Waals surface area contributed by atoms with Crippen molar-refractivity contribution in [1.82, 2.24) is 0 Å². The molecular weight excluding hydrogens is 330 g/mol. The molecule has 0 unspecified atom stereocenters. The normalized spacial score (nSPS) is 26.6. The molecule has 0 aromatic heterocycles. The Hall–Kier alpha value is -2.95. The van der Waals surface area contributed by atoms with E-state index < -0.39 is 23.2 Å². The molecule has 5 heteroatoms. The zero-order valence-electron chi connectivity index (χ0n) is 14.6. The first kappa shape index (κ1) is 16.5. The van der Waals surface area contributed by atoms with Crippen LogP contribution in [0.5, 0.6) is 0 Å². The smallest absolute Gasteiger partial charge is 0.311 e. The van der Waals surface area contributed by atoms with Crippen LogP contribution in [0.25, 0.3) is 0 Å². The Balaban J connectivity index is 1.81. The molecule has 1 aliphatic carbocycles. The van der Waals surface area contributed by atoms with Gasteiger partial charge in [-0.3, -0.25) is 14.4 Å². The van der Waals surface area contributed by atoms with Crippen molar-refractivity contribution in [3.8, 4) is 0 Å². The lowest BCUT2D eigenvalue weighted by Crippen LogP contribution is -2.40. The average molecular weight is 349 g/mol. The Morgan fingerprint density at radius 2 is 1.73 bits per heavy atom. The number of anilines is 1. The maximum Gasteiger partial charge on any atom is 0.311 e. The van der Waals surface area contributed by atoms with E-state index in [1.165, 1.54) is 4.90 Å². The molecule has 3 atom stereocenters. The number of esters is 1. The van der Waals surface area contributed by atoms with Crippen LogP contribution < -0.4 is 4.90 Å². The summed E-state index contributed by atoms with van der Waals surface area (Å²) in [5, 5.41) is 0. The predicted octanol–water partition coefficient (Wildman–Crippen LogP) is 2.62. The summed E-state index contributed by atoms with van der Waals surface area (Å²) in [7, 11) is 0. The second kappa shape index (κ2) is 5.80. The number of para-hydroxylation sites is 1. The molecule has 1 saturated heterocycles. The number of hydrogen-bond acceptors (Lipinski definition) is 4. The van der Waals surface area contributed by atoms with E-state index >= 15 is 0 Å². The lowest BCUT2D eigenvalue weighted by atomic mass is 9.91. The molecule has 2 aliphatic rings. The molecule has 1 heterocycles. The SMILES string of the molecule is CCOC(=O)[C@@H]1[C@H]2C(=O)N(c3ccccc3)C(=O)[C@@]12c1ccc(C)cc1. The van der Waals surface area contributed by atoms with Gasteiger partial charge in [-0.25, -0.2) is 4.90 Å². The standard InChI is InChI=1S/C21H19NO4/c1-3-26-19(24)17-16-18(23)22(15-7-5-4-6-8-15)20(25)21(16,17)14-11-9-13(2)10-12-14/h4-12,16-17H,3H2,1-2H3/t16-,17-,21+/m0/s1. The largest absolute Gasteiger partial charge is 0.466 e. The van der Waals surface area contributed by atoms with Crippen LogP contribution in [0.4, 0.5) is 5.69 Å². The molecule has 0 N–H and O–H groups in total. The lowest BCUT2D eigenvalue weighted by Gasteiger charge is -2.22. The number of nitrogens with zero attached hydrogens (tertiary/aromatic N) is 1. The van der Waals surface area contributed by atoms with Crippen LogP contribution in [0, 0.1) is 18.8 Å². The third-order valence-electron chi connectivity index (χ3n) is 5.33. The van der Waals surface area contributed by atoms with Crippen LogP contribution in [0.2, 0.25) is 0 Å². The fraction of sp³-hybridized carbons (Fsp3) is 0.286. The van der Waals surface area contributed by atoms with Crippen LogP contribution in [0.1, 0.15) is 18.1 Å². The Morgan fingerprint density at radius 1 is 1.08 bits per heavy atom. The van der Waals surface area contributed by atoms with E-state index in [1.54, 1.807) is 31.2 Å². The van der Waals surface area contributed by atoms with Crippen molar-refractivity contribution in [2.75, 3.05) is 11.5 Å². The third kappa shape index (κ3) is 2.06. The summed E-state index contributed by atoms with van der Waals surface area (Å²) in [6, 6.07) is 16.3. The number of ether oxygens (including phenoxy) is 1. The van der Waals surface area contributed by atoms with Gasteiger partial charge in [0.2, 0.25) is 11.8 Å². The van der Waals surface area contributed by atoms with E-state index in [2.05, 4.69) is 0 Å². The predicted molar refractivity (Wildman–Crippen MR) is 95.4 cm³/mol. The minimum Gasteiger partial charge on any atom is -0.466 e. The topological polar surface area (TPSA) is 63.7 Å². The Labute approximate surface area is 151 Å². The summed E-state index contributed by atoms with van der Waals surface area (Å²) in [4.78, 5) is 40.1. The molecule has 1 aliphatic heterocycles. The zero-order chi connectivity index (χ0) is 18.5.